The third-order valence-electron chi connectivity index (χ3n) is 4.90. The molecule has 2 aliphatic rings. The number of rotatable bonds is 4. The number of primary amides is 1. The summed E-state index contributed by atoms with van der Waals surface area (Å²) >= 11 is 0. The average Bonchev–Trinajstić information content (AvgIpc) is 2.89. The van der Waals surface area contributed by atoms with Gasteiger partial charge in [0.25, 0.3) is 5.91 Å². The fraction of sp³-hybridized carbons (Fsp3) is 0.444. The Morgan fingerprint density at radius 1 is 1.15 bits per heavy atom. The molecule has 8 heteroatoms. The first-order valence-corrected chi connectivity index (χ1v) is 8.64. The number of carbonyl (C=O) groups excluding carboxylic acids is 4. The number of likely N-dealkylation sites (tertiary alicyclic amines) is 1. The van der Waals surface area contributed by atoms with Gasteiger partial charge in [-0.2, -0.15) is 0 Å². The molecular formula is C18H22N4O4. The van der Waals surface area contributed by atoms with Crippen LogP contribution in [0.4, 0.5) is 5.69 Å². The number of hydrogen-bond donors (Lipinski definition) is 2. The summed E-state index contributed by atoms with van der Waals surface area (Å²) in [5.41, 5.74) is 6.45. The molecule has 26 heavy (non-hydrogen) atoms. The van der Waals surface area contributed by atoms with E-state index in [0.29, 0.717) is 18.5 Å². The second-order valence-corrected chi connectivity index (χ2v) is 6.73. The summed E-state index contributed by atoms with van der Waals surface area (Å²) in [6.45, 7) is 0.916. The first-order chi connectivity index (χ1) is 12.4. The van der Waals surface area contributed by atoms with Crippen LogP contribution in [0.2, 0.25) is 0 Å². The van der Waals surface area contributed by atoms with E-state index in [4.69, 9.17) is 5.73 Å². The predicted octanol–water partition coefficient (Wildman–Crippen LogP) is -0.125. The Bertz CT molecular complexity index is 746. The number of hydrogen-bond acceptors (Lipinski definition) is 4. The lowest BCUT2D eigenvalue weighted by molar-refractivity contribution is -0.136. The normalized spacial score (nSPS) is 23.3. The van der Waals surface area contributed by atoms with Gasteiger partial charge >= 0.3 is 0 Å². The van der Waals surface area contributed by atoms with Crippen molar-refractivity contribution < 1.29 is 19.2 Å². The van der Waals surface area contributed by atoms with Gasteiger partial charge in [0.15, 0.2) is 0 Å². The van der Waals surface area contributed by atoms with Gasteiger partial charge in [0, 0.05) is 37.8 Å². The Morgan fingerprint density at radius 3 is 2.46 bits per heavy atom. The third kappa shape index (κ3) is 3.40. The molecule has 138 valence electrons. The van der Waals surface area contributed by atoms with E-state index >= 15 is 0 Å². The zero-order valence-electron chi connectivity index (χ0n) is 14.6. The highest BCUT2D eigenvalue weighted by molar-refractivity contribution is 6.03. The molecule has 0 spiro atoms. The number of benzene rings is 1. The van der Waals surface area contributed by atoms with E-state index in [1.807, 2.05) is 0 Å². The van der Waals surface area contributed by atoms with E-state index in [1.165, 1.54) is 4.90 Å². The second-order valence-electron chi connectivity index (χ2n) is 6.73. The van der Waals surface area contributed by atoms with Crippen molar-refractivity contribution >= 4 is 29.3 Å². The fourth-order valence-corrected chi connectivity index (χ4v) is 3.47. The highest BCUT2D eigenvalue weighted by Gasteiger charge is 2.43. The SMILES string of the molecule is CN1CC(NC(=O)c2ccc(N3CCCCC3=O)cc2)C(C(N)=O)C1=O. The maximum atomic E-state index is 12.5. The van der Waals surface area contributed by atoms with Crippen LogP contribution in [0.1, 0.15) is 29.6 Å². The van der Waals surface area contributed by atoms with Crippen LogP contribution in [0.5, 0.6) is 0 Å². The van der Waals surface area contributed by atoms with Gasteiger partial charge in [0.2, 0.25) is 17.7 Å². The van der Waals surface area contributed by atoms with Crippen molar-refractivity contribution in [3.63, 3.8) is 0 Å². The van der Waals surface area contributed by atoms with Crippen LogP contribution in [0.3, 0.4) is 0 Å². The summed E-state index contributed by atoms with van der Waals surface area (Å²) < 4.78 is 0. The summed E-state index contributed by atoms with van der Waals surface area (Å²) in [4.78, 5) is 51.0. The number of nitrogens with zero attached hydrogens (tertiary/aromatic N) is 2. The van der Waals surface area contributed by atoms with Gasteiger partial charge < -0.3 is 20.9 Å². The van der Waals surface area contributed by atoms with E-state index in [9.17, 15) is 19.2 Å². The Kier molecular flexibility index (Phi) is 4.92. The summed E-state index contributed by atoms with van der Waals surface area (Å²) in [6.07, 6.45) is 2.41. The first-order valence-electron chi connectivity index (χ1n) is 8.64. The molecule has 0 bridgehead atoms. The molecule has 2 fully saturated rings. The number of amides is 4. The van der Waals surface area contributed by atoms with Crippen molar-refractivity contribution in [1.29, 1.82) is 0 Å². The lowest BCUT2D eigenvalue weighted by Crippen LogP contribution is -2.45. The summed E-state index contributed by atoms with van der Waals surface area (Å²) in [5.74, 6) is -2.48. The molecule has 2 aliphatic heterocycles. The molecule has 1 aromatic rings. The van der Waals surface area contributed by atoms with Crippen LogP contribution in [0.15, 0.2) is 24.3 Å². The van der Waals surface area contributed by atoms with Crippen LogP contribution in [0.25, 0.3) is 0 Å². The molecular weight excluding hydrogens is 336 g/mol. The summed E-state index contributed by atoms with van der Waals surface area (Å²) in [6, 6.07) is 6.07. The molecule has 1 aromatic carbocycles. The number of piperidine rings is 1. The van der Waals surface area contributed by atoms with Crippen molar-refractivity contribution in [1.82, 2.24) is 10.2 Å². The zero-order valence-corrected chi connectivity index (χ0v) is 14.6. The van der Waals surface area contributed by atoms with Gasteiger partial charge in [-0.25, -0.2) is 0 Å². The van der Waals surface area contributed by atoms with Gasteiger partial charge in [0.05, 0.1) is 6.04 Å². The lowest BCUT2D eigenvalue weighted by atomic mass is 10.0. The number of nitrogens with two attached hydrogens (primary N) is 1. The van der Waals surface area contributed by atoms with Gasteiger partial charge in [-0.3, -0.25) is 19.2 Å². The van der Waals surface area contributed by atoms with Gasteiger partial charge in [-0.15, -0.1) is 0 Å². The molecule has 0 saturated carbocycles. The molecule has 2 unspecified atom stereocenters. The fourth-order valence-electron chi connectivity index (χ4n) is 3.47. The molecule has 0 aliphatic carbocycles. The number of anilines is 1. The third-order valence-corrected chi connectivity index (χ3v) is 4.90. The van der Waals surface area contributed by atoms with Gasteiger partial charge in [0.1, 0.15) is 5.92 Å². The first kappa shape index (κ1) is 17.9. The van der Waals surface area contributed by atoms with Crippen LogP contribution in [0, 0.1) is 5.92 Å². The minimum Gasteiger partial charge on any atom is -0.369 e. The van der Waals surface area contributed by atoms with Crippen LogP contribution < -0.4 is 16.0 Å². The summed E-state index contributed by atoms with van der Waals surface area (Å²) in [7, 11) is 1.56. The summed E-state index contributed by atoms with van der Waals surface area (Å²) in [5, 5.41) is 2.71. The van der Waals surface area contributed by atoms with Crippen molar-refractivity contribution in [3.05, 3.63) is 29.8 Å². The highest BCUT2D eigenvalue weighted by atomic mass is 16.2. The Labute approximate surface area is 151 Å². The van der Waals surface area contributed by atoms with E-state index in [2.05, 4.69) is 5.32 Å². The topological polar surface area (TPSA) is 113 Å². The van der Waals surface area contributed by atoms with Crippen molar-refractivity contribution in [2.45, 2.75) is 25.3 Å². The molecule has 2 atom stereocenters. The maximum absolute atomic E-state index is 12.5. The number of nitrogens with one attached hydrogen (secondary N) is 1. The average molecular weight is 358 g/mol. The van der Waals surface area contributed by atoms with Crippen molar-refractivity contribution in [2.24, 2.45) is 11.7 Å². The molecule has 3 rings (SSSR count). The Balaban J connectivity index is 1.69. The van der Waals surface area contributed by atoms with E-state index in [0.717, 1.165) is 18.5 Å². The molecule has 4 amide bonds. The smallest absolute Gasteiger partial charge is 0.251 e. The van der Waals surface area contributed by atoms with Gasteiger partial charge in [-0.1, -0.05) is 0 Å². The molecule has 0 aromatic heterocycles. The minimum absolute atomic E-state index is 0.0882. The molecule has 8 nitrogen and oxygen atoms in total. The number of carbonyl (C=O) groups is 4. The van der Waals surface area contributed by atoms with Crippen molar-refractivity contribution in [2.75, 3.05) is 25.0 Å². The van der Waals surface area contributed by atoms with E-state index in [-0.39, 0.29) is 24.3 Å². The van der Waals surface area contributed by atoms with Crippen LogP contribution >= 0.6 is 0 Å². The lowest BCUT2D eigenvalue weighted by Gasteiger charge is -2.26. The van der Waals surface area contributed by atoms with Crippen molar-refractivity contribution in [3.8, 4) is 0 Å². The minimum atomic E-state index is -1.05. The molecule has 3 N–H and O–H groups in total. The predicted molar refractivity (Wildman–Crippen MR) is 94.2 cm³/mol. The Morgan fingerprint density at radius 2 is 1.85 bits per heavy atom. The molecule has 2 saturated heterocycles. The maximum Gasteiger partial charge on any atom is 0.251 e. The number of likely N-dealkylation sites (N-methyl/N-ethyl adjacent to an activating group) is 1. The Hall–Kier alpha value is -2.90. The molecule has 0 radical (unpaired) electrons. The van der Waals surface area contributed by atoms with Crippen LogP contribution in [-0.4, -0.2) is 54.7 Å². The van der Waals surface area contributed by atoms with E-state index in [1.54, 1.807) is 36.2 Å². The second kappa shape index (κ2) is 7.15. The van der Waals surface area contributed by atoms with E-state index < -0.39 is 17.9 Å². The highest BCUT2D eigenvalue weighted by Crippen LogP contribution is 2.22. The zero-order chi connectivity index (χ0) is 18.8. The monoisotopic (exact) mass is 358 g/mol. The van der Waals surface area contributed by atoms with Gasteiger partial charge in [-0.05, 0) is 37.1 Å². The van der Waals surface area contributed by atoms with Crippen LogP contribution in [-0.2, 0) is 14.4 Å². The standard InChI is InChI=1S/C18H22N4O4/c1-21-10-13(15(16(19)24)18(21)26)20-17(25)11-5-7-12(8-6-11)22-9-3-2-4-14(22)23/h5-8,13,15H,2-4,9-10H2,1H3,(H2,19,24)(H,20,25). The molecule has 2 heterocycles. The quantitative estimate of drug-likeness (QED) is 0.730. The largest absolute Gasteiger partial charge is 0.369 e.